The number of nitrogens with zero attached hydrogens (tertiary/aromatic N) is 1. The molecule has 2 atom stereocenters. The minimum atomic E-state index is -3.52. The van der Waals surface area contributed by atoms with Gasteiger partial charge >= 0.3 is 7.67 Å². The van der Waals surface area contributed by atoms with E-state index in [1.54, 1.807) is 4.67 Å². The molecule has 0 aromatic heterocycles. The van der Waals surface area contributed by atoms with Crippen molar-refractivity contribution in [3.63, 3.8) is 0 Å². The molecule has 0 heterocycles. The second kappa shape index (κ2) is 8.57. The molecule has 5 rings (SSSR count). The largest absolute Gasteiger partial charge is 0.341 e. The Balaban J connectivity index is 1.66. The van der Waals surface area contributed by atoms with Gasteiger partial charge in [0, 0.05) is 30.3 Å². The third kappa shape index (κ3) is 4.19. The molecule has 0 aliphatic heterocycles. The Kier molecular flexibility index (Phi) is 6.48. The monoisotopic (exact) mass is 444 g/mol. The van der Waals surface area contributed by atoms with Crippen LogP contribution in [0, 0.1) is 23.2 Å². The van der Waals surface area contributed by atoms with Crippen LogP contribution >= 0.6 is 30.9 Å². The molecule has 2 N–H and O–H groups in total. The van der Waals surface area contributed by atoms with E-state index in [-0.39, 0.29) is 11.5 Å². The lowest BCUT2D eigenvalue weighted by Gasteiger charge is -2.59. The Morgan fingerprint density at radius 3 is 2.00 bits per heavy atom. The van der Waals surface area contributed by atoms with Crippen LogP contribution in [0.25, 0.3) is 0 Å². The van der Waals surface area contributed by atoms with E-state index in [1.807, 2.05) is 18.2 Å². The van der Waals surface area contributed by atoms with Crippen LogP contribution < -0.4 is 5.50 Å². The lowest BCUT2D eigenvalue weighted by molar-refractivity contribution is -0.114. The highest BCUT2D eigenvalue weighted by molar-refractivity contribution is 7.53. The van der Waals surface area contributed by atoms with E-state index in [9.17, 15) is 4.57 Å². The fourth-order valence-electron chi connectivity index (χ4n) is 6.46. The van der Waals surface area contributed by atoms with Crippen LogP contribution in [0.2, 0.25) is 0 Å². The molecule has 0 saturated heterocycles. The summed E-state index contributed by atoms with van der Waals surface area (Å²) in [4.78, 5) is 0. The second-order valence-electron chi connectivity index (χ2n) is 9.07. The molecule has 1 aromatic rings. The standard InChI is InChI=1S/C21H31Cl2N2O2P/c22-6-8-25(9-7-23)28(24,26)27-20(19-4-2-1-3-5-19)21-13-16-10-17(14-21)12-18(11-16)15-21/h1-5,16-18,20H,6-15H2,(H2,24,26). The predicted octanol–water partition coefficient (Wildman–Crippen LogP) is 5.81. The fourth-order valence-corrected chi connectivity index (χ4v) is 8.64. The molecule has 0 spiro atoms. The summed E-state index contributed by atoms with van der Waals surface area (Å²) in [5.74, 6) is 3.02. The summed E-state index contributed by atoms with van der Waals surface area (Å²) in [6.07, 6.45) is 7.28. The van der Waals surface area contributed by atoms with Gasteiger partial charge in [0.15, 0.2) is 0 Å². The normalized spacial score (nSPS) is 34.5. The molecule has 4 bridgehead atoms. The average molecular weight is 445 g/mol. The van der Waals surface area contributed by atoms with Crippen molar-refractivity contribution >= 4 is 30.9 Å². The number of hydrogen-bond donors (Lipinski definition) is 1. The smallest absolute Gasteiger partial charge is 0.297 e. The van der Waals surface area contributed by atoms with E-state index in [0.717, 1.165) is 42.6 Å². The van der Waals surface area contributed by atoms with Crippen molar-refractivity contribution in [3.05, 3.63) is 35.9 Å². The highest BCUT2D eigenvalue weighted by Gasteiger charge is 2.56. The van der Waals surface area contributed by atoms with Gasteiger partial charge in [-0.15, -0.1) is 23.2 Å². The van der Waals surface area contributed by atoms with E-state index >= 15 is 0 Å². The summed E-state index contributed by atoms with van der Waals surface area (Å²) in [5, 5.41) is 0. The van der Waals surface area contributed by atoms with E-state index in [4.69, 9.17) is 33.2 Å². The van der Waals surface area contributed by atoms with Gasteiger partial charge in [0.05, 0.1) is 6.10 Å². The number of nitrogens with two attached hydrogens (primary N) is 1. The van der Waals surface area contributed by atoms with Crippen LogP contribution in [0.1, 0.15) is 50.2 Å². The van der Waals surface area contributed by atoms with Gasteiger partial charge in [-0.25, -0.2) is 10.2 Å². The summed E-state index contributed by atoms with van der Waals surface area (Å²) >= 11 is 11.9. The summed E-state index contributed by atoms with van der Waals surface area (Å²) in [6, 6.07) is 10.3. The van der Waals surface area contributed by atoms with Gasteiger partial charge < -0.3 is 0 Å². The quantitative estimate of drug-likeness (QED) is 0.385. The van der Waals surface area contributed by atoms with Gasteiger partial charge in [-0.05, 0) is 61.8 Å². The van der Waals surface area contributed by atoms with Crippen molar-refractivity contribution in [1.82, 2.24) is 4.67 Å². The van der Waals surface area contributed by atoms with E-state index in [1.165, 1.54) is 19.3 Å². The Labute approximate surface area is 178 Å². The molecule has 4 fully saturated rings. The Morgan fingerprint density at radius 2 is 1.54 bits per heavy atom. The zero-order chi connectivity index (χ0) is 19.8. The number of alkyl halides is 2. The first-order chi connectivity index (χ1) is 13.5. The fraction of sp³-hybridized carbons (Fsp3) is 0.714. The van der Waals surface area contributed by atoms with E-state index in [0.29, 0.717) is 24.8 Å². The summed E-state index contributed by atoms with van der Waals surface area (Å²) < 4.78 is 21.6. The molecule has 156 valence electrons. The zero-order valence-corrected chi connectivity index (χ0v) is 18.7. The summed E-state index contributed by atoms with van der Waals surface area (Å²) in [7, 11) is -3.52. The number of hydrogen-bond acceptors (Lipinski definition) is 2. The maximum absolute atomic E-state index is 13.5. The molecule has 0 radical (unpaired) electrons. The topological polar surface area (TPSA) is 55.6 Å². The number of rotatable bonds is 9. The van der Waals surface area contributed by atoms with Crippen molar-refractivity contribution in [3.8, 4) is 0 Å². The van der Waals surface area contributed by atoms with Crippen LogP contribution in [0.15, 0.2) is 30.3 Å². The van der Waals surface area contributed by atoms with Gasteiger partial charge in [0.2, 0.25) is 0 Å². The lowest BCUT2D eigenvalue weighted by Crippen LogP contribution is -2.49. The molecule has 4 saturated carbocycles. The van der Waals surface area contributed by atoms with Crippen molar-refractivity contribution in [1.29, 1.82) is 0 Å². The number of benzene rings is 1. The third-order valence-corrected chi connectivity index (χ3v) is 9.12. The zero-order valence-electron chi connectivity index (χ0n) is 16.3. The molecule has 1 aromatic carbocycles. The Bertz CT molecular complexity index is 676. The van der Waals surface area contributed by atoms with Crippen LogP contribution in [-0.2, 0) is 9.09 Å². The predicted molar refractivity (Wildman–Crippen MR) is 116 cm³/mol. The highest BCUT2D eigenvalue weighted by Crippen LogP contribution is 2.67. The van der Waals surface area contributed by atoms with E-state index in [2.05, 4.69) is 12.1 Å². The number of halogens is 2. The van der Waals surface area contributed by atoms with E-state index < -0.39 is 7.67 Å². The molecule has 4 aliphatic rings. The van der Waals surface area contributed by atoms with Crippen LogP contribution in [0.3, 0.4) is 0 Å². The molecule has 4 aliphatic carbocycles. The molecule has 2 unspecified atom stereocenters. The highest BCUT2D eigenvalue weighted by atomic mass is 35.5. The molecule has 0 amide bonds. The van der Waals surface area contributed by atoms with Crippen LogP contribution in [0.4, 0.5) is 0 Å². The molecular weight excluding hydrogens is 414 g/mol. The maximum Gasteiger partial charge on any atom is 0.341 e. The average Bonchev–Trinajstić information content (AvgIpc) is 2.65. The van der Waals surface area contributed by atoms with Crippen molar-refractivity contribution < 1.29 is 9.09 Å². The minimum Gasteiger partial charge on any atom is -0.297 e. The Hall–Kier alpha value is -0.0900. The minimum absolute atomic E-state index is 0.0404. The van der Waals surface area contributed by atoms with Gasteiger partial charge in [-0.3, -0.25) is 9.09 Å². The SMILES string of the molecule is NP(=O)(OC(c1ccccc1)C12CC3CC(CC(C3)C1)C2)N(CCCl)CCCl. The van der Waals surface area contributed by atoms with Crippen LogP contribution in [0.5, 0.6) is 0 Å². The second-order valence-corrected chi connectivity index (χ2v) is 11.7. The van der Waals surface area contributed by atoms with Gasteiger partial charge in [-0.2, -0.15) is 0 Å². The van der Waals surface area contributed by atoms with Gasteiger partial charge in [0.1, 0.15) is 0 Å². The molecular formula is C21H31Cl2N2O2P. The summed E-state index contributed by atoms with van der Waals surface area (Å²) in [6.45, 7) is 0.814. The first-order valence-corrected chi connectivity index (χ1v) is 13.2. The van der Waals surface area contributed by atoms with Crippen molar-refractivity contribution in [2.75, 3.05) is 24.8 Å². The maximum atomic E-state index is 13.5. The molecule has 7 heteroatoms. The van der Waals surface area contributed by atoms with Gasteiger partial charge in [0.25, 0.3) is 0 Å². The third-order valence-electron chi connectivity index (χ3n) is 7.08. The van der Waals surface area contributed by atoms with Crippen molar-refractivity contribution in [2.24, 2.45) is 28.7 Å². The summed E-state index contributed by atoms with van der Waals surface area (Å²) in [5.41, 5.74) is 7.46. The van der Waals surface area contributed by atoms with Crippen LogP contribution in [-0.4, -0.2) is 29.5 Å². The molecule has 28 heavy (non-hydrogen) atoms. The van der Waals surface area contributed by atoms with Gasteiger partial charge in [-0.1, -0.05) is 30.3 Å². The first-order valence-electron chi connectivity index (χ1n) is 10.4. The Morgan fingerprint density at radius 1 is 1.04 bits per heavy atom. The van der Waals surface area contributed by atoms with Crippen molar-refractivity contribution in [2.45, 2.75) is 44.6 Å². The first kappa shape index (κ1) is 21.2. The lowest BCUT2D eigenvalue weighted by atomic mass is 9.47. The molecule has 4 nitrogen and oxygen atoms in total.